The fourth-order valence-electron chi connectivity index (χ4n) is 2.10. The van der Waals surface area contributed by atoms with Crippen molar-refractivity contribution in [3.8, 4) is 0 Å². The minimum Gasteiger partial charge on any atom is -0.444 e. The second-order valence-electron chi connectivity index (χ2n) is 6.28. The van der Waals surface area contributed by atoms with Crippen LogP contribution in [0.3, 0.4) is 0 Å². The van der Waals surface area contributed by atoms with Gasteiger partial charge in [0.25, 0.3) is 0 Å². The highest BCUT2D eigenvalue weighted by Gasteiger charge is 2.47. The van der Waals surface area contributed by atoms with Crippen molar-refractivity contribution < 1.29 is 23.1 Å². The Kier molecular flexibility index (Phi) is 4.71. The number of hydrogen-bond acceptors (Lipinski definition) is 5. The Morgan fingerprint density at radius 2 is 1.74 bits per heavy atom. The summed E-state index contributed by atoms with van der Waals surface area (Å²) < 4.78 is 27.2. The first-order valence-electron chi connectivity index (χ1n) is 6.21. The Morgan fingerprint density at radius 1 is 1.26 bits per heavy atom. The van der Waals surface area contributed by atoms with Crippen LogP contribution in [-0.2, 0) is 18.3 Å². The maximum absolute atomic E-state index is 12.1. The average molecular weight is 293 g/mol. The standard InChI is InChI=1S/C12H24NO5P/c1-11(2,3)18-10(14)13-7-12(4,8-13)9-19(15,16-5)17-6/h7-9H2,1-6H3. The fraction of sp³-hybridized carbons (Fsp3) is 0.917. The summed E-state index contributed by atoms with van der Waals surface area (Å²) in [5.41, 5.74) is -0.754. The molecular formula is C12H24NO5P. The normalized spacial score (nSPS) is 18.9. The summed E-state index contributed by atoms with van der Waals surface area (Å²) in [5.74, 6) is 0. The van der Waals surface area contributed by atoms with E-state index >= 15 is 0 Å². The number of likely N-dealkylation sites (tertiary alicyclic amines) is 1. The van der Waals surface area contributed by atoms with Gasteiger partial charge >= 0.3 is 13.7 Å². The number of rotatable bonds is 4. The molecular weight excluding hydrogens is 269 g/mol. The number of carbonyl (C=O) groups is 1. The molecule has 0 N–H and O–H groups in total. The van der Waals surface area contributed by atoms with Crippen molar-refractivity contribution in [3.63, 3.8) is 0 Å². The zero-order valence-electron chi connectivity index (χ0n) is 12.6. The zero-order chi connectivity index (χ0) is 14.9. The van der Waals surface area contributed by atoms with Gasteiger partial charge in [-0.1, -0.05) is 6.92 Å². The lowest BCUT2D eigenvalue weighted by molar-refractivity contribution is -0.0223. The molecule has 0 aromatic carbocycles. The first-order valence-corrected chi connectivity index (χ1v) is 7.94. The highest BCUT2D eigenvalue weighted by molar-refractivity contribution is 7.53. The molecule has 7 heteroatoms. The average Bonchev–Trinajstić information content (AvgIpc) is 2.23. The molecule has 0 aliphatic carbocycles. The van der Waals surface area contributed by atoms with Crippen molar-refractivity contribution >= 4 is 13.7 Å². The van der Waals surface area contributed by atoms with Crippen LogP contribution in [0.1, 0.15) is 27.7 Å². The highest BCUT2D eigenvalue weighted by atomic mass is 31.2. The van der Waals surface area contributed by atoms with Gasteiger partial charge in [-0.3, -0.25) is 4.57 Å². The van der Waals surface area contributed by atoms with Gasteiger partial charge in [0, 0.05) is 32.7 Å². The summed E-state index contributed by atoms with van der Waals surface area (Å²) in [6.45, 7) is 8.44. The molecule has 19 heavy (non-hydrogen) atoms. The Bertz CT molecular complexity index is 376. The van der Waals surface area contributed by atoms with Crippen LogP contribution in [0.15, 0.2) is 0 Å². The molecule has 1 aliphatic heterocycles. The van der Waals surface area contributed by atoms with Crippen LogP contribution in [0.5, 0.6) is 0 Å². The van der Waals surface area contributed by atoms with Crippen LogP contribution >= 0.6 is 7.60 Å². The Balaban J connectivity index is 2.52. The third kappa shape index (κ3) is 4.48. The topological polar surface area (TPSA) is 65.1 Å². The molecule has 0 aromatic rings. The van der Waals surface area contributed by atoms with E-state index in [1.807, 2.05) is 27.7 Å². The fourth-order valence-corrected chi connectivity index (χ4v) is 3.64. The van der Waals surface area contributed by atoms with Gasteiger partial charge < -0.3 is 18.7 Å². The van der Waals surface area contributed by atoms with Gasteiger partial charge in [0.05, 0.1) is 6.16 Å². The lowest BCUT2D eigenvalue weighted by Gasteiger charge is -2.48. The molecule has 6 nitrogen and oxygen atoms in total. The lowest BCUT2D eigenvalue weighted by Crippen LogP contribution is -2.59. The zero-order valence-corrected chi connectivity index (χ0v) is 13.5. The molecule has 1 fully saturated rings. The van der Waals surface area contributed by atoms with Gasteiger partial charge in [0.15, 0.2) is 0 Å². The summed E-state index contributed by atoms with van der Waals surface area (Å²) in [7, 11) is -0.299. The second kappa shape index (κ2) is 5.43. The van der Waals surface area contributed by atoms with E-state index in [0.29, 0.717) is 19.3 Å². The van der Waals surface area contributed by atoms with Crippen LogP contribution < -0.4 is 0 Å². The van der Waals surface area contributed by atoms with E-state index in [2.05, 4.69) is 0 Å². The van der Waals surface area contributed by atoms with Crippen molar-refractivity contribution in [2.75, 3.05) is 33.5 Å². The predicted octanol–water partition coefficient (Wildman–Crippen LogP) is 2.73. The van der Waals surface area contributed by atoms with E-state index < -0.39 is 13.2 Å². The number of hydrogen-bond donors (Lipinski definition) is 0. The number of amides is 1. The Labute approximate surface area is 114 Å². The molecule has 1 aliphatic rings. The van der Waals surface area contributed by atoms with Gasteiger partial charge in [0.2, 0.25) is 0 Å². The summed E-state index contributed by atoms with van der Waals surface area (Å²) in [4.78, 5) is 13.4. The van der Waals surface area contributed by atoms with Crippen molar-refractivity contribution in [1.29, 1.82) is 0 Å². The van der Waals surface area contributed by atoms with E-state index in [-0.39, 0.29) is 11.5 Å². The van der Waals surface area contributed by atoms with E-state index in [0.717, 1.165) is 0 Å². The summed E-state index contributed by atoms with van der Waals surface area (Å²) in [5, 5.41) is 0. The van der Waals surface area contributed by atoms with E-state index in [1.54, 1.807) is 4.90 Å². The first kappa shape index (κ1) is 16.5. The molecule has 112 valence electrons. The van der Waals surface area contributed by atoms with Crippen molar-refractivity contribution in [3.05, 3.63) is 0 Å². The minimum absolute atomic E-state index is 0.252. The molecule has 1 saturated heterocycles. The predicted molar refractivity (Wildman–Crippen MR) is 72.4 cm³/mol. The van der Waals surface area contributed by atoms with Crippen molar-refractivity contribution in [1.82, 2.24) is 4.90 Å². The number of carbonyl (C=O) groups excluding carboxylic acids is 1. The molecule has 0 atom stereocenters. The van der Waals surface area contributed by atoms with E-state index in [4.69, 9.17) is 13.8 Å². The molecule has 1 rings (SSSR count). The van der Waals surface area contributed by atoms with Crippen LogP contribution in [-0.4, -0.2) is 50.1 Å². The van der Waals surface area contributed by atoms with Crippen LogP contribution in [0.2, 0.25) is 0 Å². The quantitative estimate of drug-likeness (QED) is 0.746. The maximum Gasteiger partial charge on any atom is 0.410 e. The summed E-state index contributed by atoms with van der Waals surface area (Å²) in [6.07, 6.45) is -0.0404. The van der Waals surface area contributed by atoms with Crippen molar-refractivity contribution in [2.24, 2.45) is 5.41 Å². The van der Waals surface area contributed by atoms with Gasteiger partial charge in [-0.2, -0.15) is 0 Å². The number of nitrogens with zero attached hydrogens (tertiary/aromatic N) is 1. The van der Waals surface area contributed by atoms with Crippen LogP contribution in [0.4, 0.5) is 4.79 Å². The molecule has 0 spiro atoms. The number of ether oxygens (including phenoxy) is 1. The van der Waals surface area contributed by atoms with Crippen LogP contribution in [0, 0.1) is 5.41 Å². The lowest BCUT2D eigenvalue weighted by atomic mass is 9.84. The third-order valence-electron chi connectivity index (χ3n) is 2.93. The molecule has 0 unspecified atom stereocenters. The van der Waals surface area contributed by atoms with E-state index in [9.17, 15) is 9.36 Å². The Hall–Kier alpha value is -0.580. The van der Waals surface area contributed by atoms with Crippen molar-refractivity contribution in [2.45, 2.75) is 33.3 Å². The molecule has 0 saturated carbocycles. The molecule has 1 amide bonds. The minimum atomic E-state index is -3.04. The van der Waals surface area contributed by atoms with Gasteiger partial charge in [-0.25, -0.2) is 4.79 Å². The monoisotopic (exact) mass is 293 g/mol. The first-order chi connectivity index (χ1) is 8.52. The summed E-state index contributed by atoms with van der Waals surface area (Å²) in [6, 6.07) is 0. The van der Waals surface area contributed by atoms with Crippen LogP contribution in [0.25, 0.3) is 0 Å². The molecule has 0 bridgehead atoms. The van der Waals surface area contributed by atoms with Gasteiger partial charge in [-0.15, -0.1) is 0 Å². The summed E-state index contributed by atoms with van der Waals surface area (Å²) >= 11 is 0. The SMILES string of the molecule is COP(=O)(CC1(C)CN(C(=O)OC(C)(C)C)C1)OC. The molecule has 0 aromatic heterocycles. The smallest absolute Gasteiger partial charge is 0.410 e. The molecule has 1 heterocycles. The highest BCUT2D eigenvalue weighted by Crippen LogP contribution is 2.53. The molecule has 0 radical (unpaired) electrons. The maximum atomic E-state index is 12.1. The van der Waals surface area contributed by atoms with Gasteiger partial charge in [-0.05, 0) is 20.8 Å². The third-order valence-corrected chi connectivity index (χ3v) is 5.19. The van der Waals surface area contributed by atoms with E-state index in [1.165, 1.54) is 14.2 Å². The van der Waals surface area contributed by atoms with Gasteiger partial charge in [0.1, 0.15) is 5.60 Å². The Morgan fingerprint density at radius 3 is 2.11 bits per heavy atom. The second-order valence-corrected chi connectivity index (χ2v) is 8.55. The largest absolute Gasteiger partial charge is 0.444 e.